The highest BCUT2D eigenvalue weighted by molar-refractivity contribution is 5.65. The van der Waals surface area contributed by atoms with Gasteiger partial charge in [-0.2, -0.15) is 0 Å². The van der Waals surface area contributed by atoms with Crippen LogP contribution in [-0.2, 0) is 28.5 Å². The summed E-state index contributed by atoms with van der Waals surface area (Å²) in [5, 5.41) is 69.0. The summed E-state index contributed by atoms with van der Waals surface area (Å²) in [6.07, 6.45) is -15.6. The normalized spacial score (nSPS) is 43.2. The van der Waals surface area contributed by atoms with Crippen molar-refractivity contribution in [3.63, 3.8) is 0 Å². The number of ether oxygens (including phenoxy) is 5. The molecule has 0 aromatic rings. The first-order valence-electron chi connectivity index (χ1n) is 9.04. The Balaban J connectivity index is 1.95. The smallest absolute Gasteiger partial charge is 0.302 e. The van der Waals surface area contributed by atoms with Gasteiger partial charge in [0, 0.05) is 6.92 Å². The number of aliphatic hydroxyl groups excluding tert-OH is 7. The Bertz CT molecular complexity index is 517. The van der Waals surface area contributed by atoms with Crippen LogP contribution in [0.3, 0.4) is 0 Å². The lowest BCUT2D eigenvalue weighted by molar-refractivity contribution is -0.377. The zero-order chi connectivity index (χ0) is 21.7. The molecule has 2 heterocycles. The minimum Gasteiger partial charge on any atom is -0.463 e. The molecule has 0 aromatic heterocycles. The Kier molecular flexibility index (Phi) is 9.12. The summed E-state index contributed by atoms with van der Waals surface area (Å²) in [5.74, 6) is -0.492. The molecule has 0 amide bonds. The van der Waals surface area contributed by atoms with Crippen molar-refractivity contribution in [3.05, 3.63) is 0 Å². The van der Waals surface area contributed by atoms with E-state index < -0.39 is 74.0 Å². The lowest BCUT2D eigenvalue weighted by Crippen LogP contribution is -2.63. The molecule has 29 heavy (non-hydrogen) atoms. The second kappa shape index (κ2) is 10.9. The molecule has 7 N–H and O–H groups in total. The Labute approximate surface area is 165 Å². The van der Waals surface area contributed by atoms with Gasteiger partial charge in [-0.1, -0.05) is 0 Å². The summed E-state index contributed by atoms with van der Waals surface area (Å²) in [7, 11) is 0. The number of aliphatic hydroxyl groups is 7. The monoisotopic (exact) mass is 428 g/mol. The molecule has 0 aliphatic carbocycles. The quantitative estimate of drug-likeness (QED) is 0.143. The van der Waals surface area contributed by atoms with Crippen molar-refractivity contribution >= 4 is 5.97 Å². The van der Waals surface area contributed by atoms with Gasteiger partial charge in [0.15, 0.2) is 12.6 Å². The average molecular weight is 428 g/mol. The fourth-order valence-electron chi connectivity index (χ4n) is 2.92. The number of rotatable bonds is 8. The molecule has 0 saturated carbocycles. The predicted molar refractivity (Wildman–Crippen MR) is 89.0 cm³/mol. The van der Waals surface area contributed by atoms with Gasteiger partial charge in [-0.15, -0.1) is 0 Å². The summed E-state index contributed by atoms with van der Waals surface area (Å²) in [6, 6.07) is 0. The summed E-state index contributed by atoms with van der Waals surface area (Å²) < 4.78 is 25.7. The lowest BCUT2D eigenvalue weighted by Gasteiger charge is -2.44. The number of carbonyl (C=O) groups excluding carboxylic acids is 1. The Hall–Kier alpha value is -0.970. The second-order valence-electron chi connectivity index (χ2n) is 6.76. The van der Waals surface area contributed by atoms with E-state index in [0.29, 0.717) is 0 Å². The standard InChI is InChI=1S/C16H28O13/c1-6(18)26-3-2-25-5-8-10(20)12(22)14(24)16(28-8)29-15-13(23)11(21)9(19)7(4-17)27-15/h7-17,19-24H,2-5H2,1H3/t7-,8-,9-,10-,11+,12+,13-,14-,15-,16-/m1/s1. The molecule has 0 radical (unpaired) electrons. The number of esters is 1. The van der Waals surface area contributed by atoms with Crippen LogP contribution >= 0.6 is 0 Å². The van der Waals surface area contributed by atoms with E-state index in [2.05, 4.69) is 4.74 Å². The third-order valence-corrected chi connectivity index (χ3v) is 4.60. The Morgan fingerprint density at radius 2 is 1.31 bits per heavy atom. The number of hydrogen-bond donors (Lipinski definition) is 7. The van der Waals surface area contributed by atoms with Gasteiger partial charge in [0.2, 0.25) is 0 Å². The van der Waals surface area contributed by atoms with E-state index in [1.54, 1.807) is 0 Å². The van der Waals surface area contributed by atoms with Crippen LogP contribution in [0.2, 0.25) is 0 Å². The summed E-state index contributed by atoms with van der Waals surface area (Å²) in [6.45, 7) is 0.254. The van der Waals surface area contributed by atoms with Crippen molar-refractivity contribution in [2.75, 3.05) is 26.4 Å². The average Bonchev–Trinajstić information content (AvgIpc) is 2.69. The first kappa shape index (κ1) is 24.3. The van der Waals surface area contributed by atoms with Crippen LogP contribution in [0.15, 0.2) is 0 Å². The van der Waals surface area contributed by atoms with Crippen LogP contribution in [0.5, 0.6) is 0 Å². The summed E-state index contributed by atoms with van der Waals surface area (Å²) >= 11 is 0. The largest absolute Gasteiger partial charge is 0.463 e. The maximum absolute atomic E-state index is 10.7. The Morgan fingerprint density at radius 3 is 1.83 bits per heavy atom. The van der Waals surface area contributed by atoms with Crippen LogP contribution < -0.4 is 0 Å². The van der Waals surface area contributed by atoms with E-state index in [-0.39, 0.29) is 19.8 Å². The SMILES string of the molecule is CC(=O)OCCOC[C@H]1O[C@H](O[C@H]2O[C@H](CO)[C@@H](O)[C@H](O)[C@H]2O)[C@H](O)[C@@H](O)[C@@H]1O. The Morgan fingerprint density at radius 1 is 0.793 bits per heavy atom. The van der Waals surface area contributed by atoms with Gasteiger partial charge in [-0.25, -0.2) is 0 Å². The van der Waals surface area contributed by atoms with Crippen molar-refractivity contribution in [3.8, 4) is 0 Å². The zero-order valence-electron chi connectivity index (χ0n) is 15.7. The molecule has 2 rings (SSSR count). The van der Waals surface area contributed by atoms with Gasteiger partial charge in [0.25, 0.3) is 0 Å². The highest BCUT2D eigenvalue weighted by Gasteiger charge is 2.49. The molecule has 10 atom stereocenters. The highest BCUT2D eigenvalue weighted by atomic mass is 16.8. The van der Waals surface area contributed by atoms with Crippen LogP contribution in [0.1, 0.15) is 6.92 Å². The highest BCUT2D eigenvalue weighted by Crippen LogP contribution is 2.28. The van der Waals surface area contributed by atoms with E-state index in [9.17, 15) is 40.5 Å². The van der Waals surface area contributed by atoms with Gasteiger partial charge in [-0.3, -0.25) is 4.79 Å². The van der Waals surface area contributed by atoms with Gasteiger partial charge in [0.1, 0.15) is 55.4 Å². The van der Waals surface area contributed by atoms with Crippen LogP contribution in [0.25, 0.3) is 0 Å². The van der Waals surface area contributed by atoms with Gasteiger partial charge in [-0.05, 0) is 0 Å². The van der Waals surface area contributed by atoms with Gasteiger partial charge < -0.3 is 59.4 Å². The van der Waals surface area contributed by atoms with E-state index in [0.717, 1.165) is 0 Å². The van der Waals surface area contributed by atoms with E-state index in [1.165, 1.54) is 6.92 Å². The van der Waals surface area contributed by atoms with Crippen LogP contribution in [-0.4, -0.2) is 130 Å². The predicted octanol–water partition coefficient (Wildman–Crippen LogP) is -4.81. The fourth-order valence-corrected chi connectivity index (χ4v) is 2.92. The molecule has 2 aliphatic rings. The van der Waals surface area contributed by atoms with E-state index in [4.69, 9.17) is 18.9 Å². The van der Waals surface area contributed by atoms with Crippen LogP contribution in [0, 0.1) is 0 Å². The molecule has 2 saturated heterocycles. The third-order valence-electron chi connectivity index (χ3n) is 4.60. The topological polar surface area (TPSA) is 205 Å². The van der Waals surface area contributed by atoms with Crippen molar-refractivity contribution in [2.24, 2.45) is 0 Å². The second-order valence-corrected chi connectivity index (χ2v) is 6.76. The van der Waals surface area contributed by atoms with Crippen molar-refractivity contribution < 1.29 is 64.2 Å². The molecule has 13 nitrogen and oxygen atoms in total. The molecule has 13 heteroatoms. The third kappa shape index (κ3) is 6.02. The van der Waals surface area contributed by atoms with Gasteiger partial charge >= 0.3 is 5.97 Å². The van der Waals surface area contributed by atoms with Crippen molar-refractivity contribution in [1.82, 2.24) is 0 Å². The van der Waals surface area contributed by atoms with Crippen LogP contribution in [0.4, 0.5) is 0 Å². The molecule has 0 spiro atoms. The fraction of sp³-hybridized carbons (Fsp3) is 0.938. The van der Waals surface area contributed by atoms with Crippen molar-refractivity contribution in [2.45, 2.75) is 68.3 Å². The minimum absolute atomic E-state index is 0.0109. The maximum Gasteiger partial charge on any atom is 0.302 e. The lowest BCUT2D eigenvalue weighted by atomic mass is 9.98. The molecule has 0 bridgehead atoms. The number of carbonyl (C=O) groups is 1. The minimum atomic E-state index is -1.74. The summed E-state index contributed by atoms with van der Waals surface area (Å²) in [5.41, 5.74) is 0. The first-order chi connectivity index (χ1) is 13.7. The summed E-state index contributed by atoms with van der Waals surface area (Å²) in [4.78, 5) is 10.7. The maximum atomic E-state index is 10.7. The molecular formula is C16H28O13. The molecule has 2 aliphatic heterocycles. The van der Waals surface area contributed by atoms with Gasteiger partial charge in [0.05, 0.1) is 19.8 Å². The number of hydrogen-bond acceptors (Lipinski definition) is 13. The molecule has 170 valence electrons. The molecule has 2 fully saturated rings. The zero-order valence-corrected chi connectivity index (χ0v) is 15.7. The first-order valence-corrected chi connectivity index (χ1v) is 9.04. The van der Waals surface area contributed by atoms with E-state index in [1.807, 2.05) is 0 Å². The van der Waals surface area contributed by atoms with E-state index >= 15 is 0 Å². The molecule has 0 unspecified atom stereocenters. The molecular weight excluding hydrogens is 400 g/mol. The van der Waals surface area contributed by atoms with Crippen molar-refractivity contribution in [1.29, 1.82) is 0 Å². The molecule has 0 aromatic carbocycles.